The zero-order valence-corrected chi connectivity index (χ0v) is 29.9. The molecule has 1 unspecified atom stereocenters. The second-order valence-electron chi connectivity index (χ2n) is 16.6. The van der Waals surface area contributed by atoms with E-state index in [2.05, 4.69) is 66.7 Å². The van der Waals surface area contributed by atoms with E-state index in [4.69, 9.17) is 4.74 Å². The predicted octanol–water partition coefficient (Wildman–Crippen LogP) is 11.2. The van der Waals surface area contributed by atoms with Crippen molar-refractivity contribution in [1.29, 1.82) is 0 Å². The minimum absolute atomic E-state index is 0.0382. The van der Waals surface area contributed by atoms with Gasteiger partial charge in [-0.1, -0.05) is 124 Å². The minimum atomic E-state index is -0.397. The maximum Gasteiger partial charge on any atom is 0.306 e. The van der Waals surface area contributed by atoms with Gasteiger partial charge in [-0.25, -0.2) is 0 Å². The molecule has 1 N–H and O–H groups in total. The zero-order valence-electron chi connectivity index (χ0n) is 29.9. The molecule has 0 bridgehead atoms. The van der Waals surface area contributed by atoms with Gasteiger partial charge in [0.15, 0.2) is 0 Å². The van der Waals surface area contributed by atoms with Gasteiger partial charge in [-0.2, -0.15) is 0 Å². The molecule has 0 aliphatic heterocycles. The lowest BCUT2D eigenvalue weighted by Crippen LogP contribution is -2.56. The first-order valence-electron chi connectivity index (χ1n) is 19.3. The smallest absolute Gasteiger partial charge is 0.306 e. The highest BCUT2D eigenvalue weighted by atomic mass is 16.5. The molecule has 10 atom stereocenters. The summed E-state index contributed by atoms with van der Waals surface area (Å²) >= 11 is 0. The van der Waals surface area contributed by atoms with Gasteiger partial charge in [-0.15, -0.1) is 0 Å². The van der Waals surface area contributed by atoms with E-state index >= 15 is 0 Å². The van der Waals surface area contributed by atoms with Crippen molar-refractivity contribution >= 4 is 5.97 Å². The fraction of sp³-hybridized carbons (Fsp3) is 0.878. The number of rotatable bonds is 16. The Bertz CT molecular complexity index is 965. The summed E-state index contributed by atoms with van der Waals surface area (Å²) in [5, 5.41) is 10.9. The molecule has 0 heterocycles. The molecule has 0 aromatic carbocycles. The van der Waals surface area contributed by atoms with Gasteiger partial charge in [0.1, 0.15) is 6.10 Å². The molecule has 0 amide bonds. The number of unbranched alkanes of at least 4 members (excludes halogenated alkanes) is 8. The molecule has 0 spiro atoms. The van der Waals surface area contributed by atoms with E-state index in [1.165, 1.54) is 82.6 Å². The number of esters is 1. The molecule has 0 aromatic heterocycles. The highest BCUT2D eigenvalue weighted by Gasteiger charge is 2.61. The molecular formula is C41H70O3. The number of hydrogen-bond acceptors (Lipinski definition) is 3. The number of ether oxygens (including phenoxy) is 1. The summed E-state index contributed by atoms with van der Waals surface area (Å²) in [6.45, 7) is 16.8. The van der Waals surface area contributed by atoms with Crippen molar-refractivity contribution in [3.8, 4) is 0 Å². The van der Waals surface area contributed by atoms with Gasteiger partial charge in [0, 0.05) is 18.3 Å². The quantitative estimate of drug-likeness (QED) is 0.107. The fourth-order valence-corrected chi connectivity index (χ4v) is 10.8. The third-order valence-corrected chi connectivity index (χ3v) is 13.6. The Morgan fingerprint density at radius 3 is 2.30 bits per heavy atom. The SMILES string of the molecule is CCCCCCCCCCCC(=O)OC1C[C@@H](O)CC2=CC[C@H]3[C@@H]4CC[C@H]([C@H](C)/C=C/[C@H](CC)C(C)C)[C@@]4(C)CC[C@@H]3[C@]21C. The molecule has 3 fully saturated rings. The lowest BCUT2D eigenvalue weighted by atomic mass is 9.46. The van der Waals surface area contributed by atoms with Crippen LogP contribution in [0.15, 0.2) is 23.8 Å². The maximum atomic E-state index is 13.2. The fourth-order valence-electron chi connectivity index (χ4n) is 10.8. The van der Waals surface area contributed by atoms with Crippen molar-refractivity contribution in [3.63, 3.8) is 0 Å². The Labute approximate surface area is 272 Å². The van der Waals surface area contributed by atoms with E-state index in [0.29, 0.717) is 47.8 Å². The van der Waals surface area contributed by atoms with Crippen LogP contribution in [0.3, 0.4) is 0 Å². The van der Waals surface area contributed by atoms with Crippen LogP contribution in [0, 0.1) is 52.3 Å². The van der Waals surface area contributed by atoms with Crippen molar-refractivity contribution in [1.82, 2.24) is 0 Å². The van der Waals surface area contributed by atoms with Gasteiger partial charge in [0.05, 0.1) is 6.10 Å². The second-order valence-corrected chi connectivity index (χ2v) is 16.6. The highest BCUT2D eigenvalue weighted by Crippen LogP contribution is 2.67. The zero-order chi connectivity index (χ0) is 31.9. The number of aliphatic hydroxyl groups is 1. The Morgan fingerprint density at radius 1 is 0.955 bits per heavy atom. The molecule has 0 aromatic rings. The summed E-state index contributed by atoms with van der Waals surface area (Å²) in [6, 6.07) is 0. The monoisotopic (exact) mass is 611 g/mol. The summed E-state index contributed by atoms with van der Waals surface area (Å²) < 4.78 is 6.39. The maximum absolute atomic E-state index is 13.2. The molecule has 44 heavy (non-hydrogen) atoms. The van der Waals surface area contributed by atoms with E-state index in [1.54, 1.807) is 0 Å². The third-order valence-electron chi connectivity index (χ3n) is 13.6. The number of hydrogen-bond donors (Lipinski definition) is 1. The standard InChI is InChI=1S/C41H70O3/c1-8-10-11-12-13-14-15-16-17-18-39(43)44-38-28-33(42)27-32-21-22-34-36-24-23-35(30(5)19-20-31(9-2)29(3)4)40(36,6)26-25-37(34)41(32,38)7/h19-21,29-31,33-38,42H,8-18,22-28H2,1-7H3/b20-19+/t30-,31+,33+,34+,35-,36+,37+,38?,40-,41+/m1/s1. The summed E-state index contributed by atoms with van der Waals surface area (Å²) in [5.41, 5.74) is 1.64. The van der Waals surface area contributed by atoms with Crippen molar-refractivity contribution in [3.05, 3.63) is 23.8 Å². The molecule has 0 saturated heterocycles. The first-order valence-corrected chi connectivity index (χ1v) is 19.3. The molecule has 4 aliphatic carbocycles. The van der Waals surface area contributed by atoms with Crippen LogP contribution in [0.1, 0.15) is 164 Å². The van der Waals surface area contributed by atoms with Gasteiger partial charge in [0.25, 0.3) is 0 Å². The molecule has 3 nitrogen and oxygen atoms in total. The van der Waals surface area contributed by atoms with Gasteiger partial charge in [-0.05, 0) is 98.2 Å². The Morgan fingerprint density at radius 2 is 1.64 bits per heavy atom. The van der Waals surface area contributed by atoms with Crippen LogP contribution in [0.2, 0.25) is 0 Å². The van der Waals surface area contributed by atoms with Crippen LogP contribution in [0.4, 0.5) is 0 Å². The van der Waals surface area contributed by atoms with Gasteiger partial charge < -0.3 is 9.84 Å². The van der Waals surface area contributed by atoms with E-state index in [1.807, 2.05) is 0 Å². The summed E-state index contributed by atoms with van der Waals surface area (Å²) in [4.78, 5) is 13.2. The molecule has 3 heteroatoms. The number of fused-ring (bicyclic) bond motifs is 5. The third kappa shape index (κ3) is 7.88. The predicted molar refractivity (Wildman–Crippen MR) is 185 cm³/mol. The number of carbonyl (C=O) groups is 1. The average Bonchev–Trinajstić information content (AvgIpc) is 3.34. The van der Waals surface area contributed by atoms with Crippen molar-refractivity contribution in [2.24, 2.45) is 52.3 Å². The Kier molecular flexibility index (Phi) is 13.1. The van der Waals surface area contributed by atoms with Crippen molar-refractivity contribution < 1.29 is 14.6 Å². The van der Waals surface area contributed by atoms with E-state index in [-0.39, 0.29) is 17.5 Å². The van der Waals surface area contributed by atoms with E-state index in [9.17, 15) is 9.90 Å². The molecule has 4 rings (SSSR count). The molecule has 3 saturated carbocycles. The van der Waals surface area contributed by atoms with Gasteiger partial charge >= 0.3 is 5.97 Å². The normalized spacial score (nSPS) is 36.4. The topological polar surface area (TPSA) is 46.5 Å². The largest absolute Gasteiger partial charge is 0.461 e. The van der Waals surface area contributed by atoms with Crippen LogP contribution < -0.4 is 0 Å². The number of aliphatic hydroxyl groups excluding tert-OH is 1. The second kappa shape index (κ2) is 16.1. The first-order chi connectivity index (χ1) is 21.1. The molecular weight excluding hydrogens is 540 g/mol. The van der Waals surface area contributed by atoms with Gasteiger partial charge in [0.2, 0.25) is 0 Å². The van der Waals surface area contributed by atoms with Crippen LogP contribution in [-0.2, 0) is 9.53 Å². The number of carbonyl (C=O) groups excluding carboxylic acids is 1. The van der Waals surface area contributed by atoms with Crippen molar-refractivity contribution in [2.45, 2.75) is 176 Å². The van der Waals surface area contributed by atoms with Crippen LogP contribution in [0.25, 0.3) is 0 Å². The average molecular weight is 611 g/mol. The summed E-state index contributed by atoms with van der Waals surface area (Å²) in [5.74, 6) is 4.69. The van der Waals surface area contributed by atoms with Crippen LogP contribution >= 0.6 is 0 Å². The molecule has 4 aliphatic rings. The Balaban J connectivity index is 1.38. The van der Waals surface area contributed by atoms with Crippen LogP contribution in [0.5, 0.6) is 0 Å². The van der Waals surface area contributed by atoms with Gasteiger partial charge in [-0.3, -0.25) is 4.79 Å². The van der Waals surface area contributed by atoms with Crippen LogP contribution in [-0.4, -0.2) is 23.3 Å². The minimum Gasteiger partial charge on any atom is -0.461 e. The van der Waals surface area contributed by atoms with E-state index in [0.717, 1.165) is 37.5 Å². The lowest BCUT2D eigenvalue weighted by molar-refractivity contribution is -0.169. The van der Waals surface area contributed by atoms with E-state index < -0.39 is 6.10 Å². The Hall–Kier alpha value is -1.09. The highest BCUT2D eigenvalue weighted by molar-refractivity contribution is 5.69. The summed E-state index contributed by atoms with van der Waals surface area (Å²) in [7, 11) is 0. The van der Waals surface area contributed by atoms with Crippen molar-refractivity contribution in [2.75, 3.05) is 0 Å². The number of allylic oxidation sites excluding steroid dienone is 3. The summed E-state index contributed by atoms with van der Waals surface area (Å²) in [6.07, 6.45) is 27.7. The molecule has 0 radical (unpaired) electrons. The first kappa shape index (κ1) is 35.8. The lowest BCUT2D eigenvalue weighted by Gasteiger charge is -2.60. The molecule has 252 valence electrons.